The number of nitrogens with two attached hydrogens (primary N) is 1. The Morgan fingerprint density at radius 2 is 2.10 bits per heavy atom. The normalized spacial score (nSPS) is 13.4. The Kier molecular flexibility index (Phi) is 2.39. The molecule has 4 nitrogen and oxygen atoms in total. The second kappa shape index (κ2) is 3.31. The van der Waals surface area contributed by atoms with Gasteiger partial charge < -0.3 is 5.73 Å². The second-order valence-corrected chi connectivity index (χ2v) is 2.25. The van der Waals surface area contributed by atoms with Gasteiger partial charge in [0.05, 0.1) is 18.9 Å². The number of hydrogen-bond acceptors (Lipinski definition) is 3. The molecule has 0 amide bonds. The van der Waals surface area contributed by atoms with Gasteiger partial charge in [-0.15, -0.1) is 0 Å². The van der Waals surface area contributed by atoms with Gasteiger partial charge in [-0.1, -0.05) is 6.92 Å². The number of nitrogens with zero attached hydrogens (tertiary/aromatic N) is 3. The molecule has 0 saturated heterocycles. The van der Waals surface area contributed by atoms with E-state index in [2.05, 4.69) is 10.2 Å². The van der Waals surface area contributed by atoms with E-state index in [9.17, 15) is 0 Å². The van der Waals surface area contributed by atoms with Crippen molar-refractivity contribution in [3.8, 4) is 0 Å². The molecule has 0 aliphatic carbocycles. The quantitative estimate of drug-likeness (QED) is 0.643. The largest absolute Gasteiger partial charge is 0.326 e. The maximum Gasteiger partial charge on any atom is 0.0758 e. The highest BCUT2D eigenvalue weighted by atomic mass is 15.5. The van der Waals surface area contributed by atoms with Gasteiger partial charge in [0.15, 0.2) is 0 Å². The van der Waals surface area contributed by atoms with Crippen molar-refractivity contribution < 1.29 is 0 Å². The molecule has 1 atom stereocenters. The summed E-state index contributed by atoms with van der Waals surface area (Å²) < 4.78 is 0. The van der Waals surface area contributed by atoms with Gasteiger partial charge in [0.2, 0.25) is 0 Å². The number of hydrogen-bond donors (Lipinski definition) is 1. The van der Waals surface area contributed by atoms with Crippen LogP contribution in [0.2, 0.25) is 0 Å². The van der Waals surface area contributed by atoms with Crippen molar-refractivity contribution in [1.29, 1.82) is 0 Å². The summed E-state index contributed by atoms with van der Waals surface area (Å²) >= 11 is 0. The van der Waals surface area contributed by atoms with E-state index in [1.165, 1.54) is 0 Å². The summed E-state index contributed by atoms with van der Waals surface area (Å²) in [5.74, 6) is 0. The summed E-state index contributed by atoms with van der Waals surface area (Å²) in [5.41, 5.74) is 5.66. The van der Waals surface area contributed by atoms with Crippen molar-refractivity contribution in [2.24, 2.45) is 5.73 Å². The van der Waals surface area contributed by atoms with E-state index < -0.39 is 0 Å². The molecule has 1 aromatic heterocycles. The van der Waals surface area contributed by atoms with Gasteiger partial charge in [-0.2, -0.15) is 15.0 Å². The lowest BCUT2D eigenvalue weighted by atomic mass is 10.2. The van der Waals surface area contributed by atoms with Crippen LogP contribution in [0.5, 0.6) is 0 Å². The molecule has 1 rings (SSSR count). The van der Waals surface area contributed by atoms with Crippen LogP contribution in [0.1, 0.15) is 13.3 Å². The van der Waals surface area contributed by atoms with Crippen LogP contribution in [-0.4, -0.2) is 21.0 Å². The van der Waals surface area contributed by atoms with Crippen molar-refractivity contribution >= 4 is 0 Å². The highest BCUT2D eigenvalue weighted by molar-refractivity contribution is 4.63. The summed E-state index contributed by atoms with van der Waals surface area (Å²) in [5, 5.41) is 7.86. The predicted molar refractivity (Wildman–Crippen MR) is 38.3 cm³/mol. The smallest absolute Gasteiger partial charge is 0.0758 e. The second-order valence-electron chi connectivity index (χ2n) is 2.25. The molecule has 0 bridgehead atoms. The molecule has 0 aliphatic rings. The summed E-state index contributed by atoms with van der Waals surface area (Å²) in [7, 11) is 0. The van der Waals surface area contributed by atoms with E-state index in [1.807, 2.05) is 6.92 Å². The van der Waals surface area contributed by atoms with Crippen LogP contribution >= 0.6 is 0 Å². The van der Waals surface area contributed by atoms with Crippen LogP contribution in [0.3, 0.4) is 0 Å². The fourth-order valence-electron chi connectivity index (χ4n) is 0.676. The van der Waals surface area contributed by atoms with Crippen molar-refractivity contribution in [2.75, 3.05) is 0 Å². The Morgan fingerprint density at radius 3 is 2.60 bits per heavy atom. The first-order valence-corrected chi connectivity index (χ1v) is 3.42. The lowest BCUT2D eigenvalue weighted by Gasteiger charge is -2.05. The number of rotatable bonds is 3. The minimum Gasteiger partial charge on any atom is -0.326 e. The summed E-state index contributed by atoms with van der Waals surface area (Å²) in [6.07, 6.45) is 4.27. The third kappa shape index (κ3) is 1.80. The maximum atomic E-state index is 5.66. The van der Waals surface area contributed by atoms with Crippen LogP contribution in [0.4, 0.5) is 0 Å². The lowest BCUT2D eigenvalue weighted by molar-refractivity contribution is 0.455. The molecule has 0 radical (unpaired) electrons. The van der Waals surface area contributed by atoms with Gasteiger partial charge in [-0.05, 0) is 6.42 Å². The topological polar surface area (TPSA) is 56.7 Å². The molecule has 2 N–H and O–H groups in total. The molecule has 1 heterocycles. The van der Waals surface area contributed by atoms with Crippen LogP contribution < -0.4 is 5.73 Å². The van der Waals surface area contributed by atoms with Gasteiger partial charge in [-0.3, -0.25) is 0 Å². The van der Waals surface area contributed by atoms with E-state index in [1.54, 1.807) is 17.2 Å². The molecule has 0 unspecified atom stereocenters. The van der Waals surface area contributed by atoms with E-state index in [-0.39, 0.29) is 6.04 Å². The predicted octanol–water partition coefficient (Wildman–Crippen LogP) is 0.0154. The molecule has 10 heavy (non-hydrogen) atoms. The zero-order valence-electron chi connectivity index (χ0n) is 6.07. The summed E-state index contributed by atoms with van der Waals surface area (Å²) in [6, 6.07) is 0.174. The highest BCUT2D eigenvalue weighted by Crippen LogP contribution is 1.88. The molecule has 0 aromatic carbocycles. The third-order valence-corrected chi connectivity index (χ3v) is 1.39. The zero-order valence-corrected chi connectivity index (χ0v) is 6.07. The van der Waals surface area contributed by atoms with Gasteiger partial charge in [0.1, 0.15) is 0 Å². The summed E-state index contributed by atoms with van der Waals surface area (Å²) in [4.78, 5) is 1.61. The number of aromatic nitrogens is 3. The molecular formula is C6H12N4. The molecule has 0 aliphatic heterocycles. The SMILES string of the molecule is CC[C@H](N)Cn1nccn1. The Balaban J connectivity index is 2.40. The Bertz CT molecular complexity index is 170. The first-order chi connectivity index (χ1) is 4.83. The van der Waals surface area contributed by atoms with E-state index >= 15 is 0 Å². The molecule has 0 fully saturated rings. The monoisotopic (exact) mass is 140 g/mol. The Labute approximate surface area is 60.0 Å². The van der Waals surface area contributed by atoms with Gasteiger partial charge >= 0.3 is 0 Å². The minimum atomic E-state index is 0.174. The molecule has 56 valence electrons. The lowest BCUT2D eigenvalue weighted by Crippen LogP contribution is -2.26. The third-order valence-electron chi connectivity index (χ3n) is 1.39. The first kappa shape index (κ1) is 7.21. The average Bonchev–Trinajstić information content (AvgIpc) is 2.40. The summed E-state index contributed by atoms with van der Waals surface area (Å²) in [6.45, 7) is 2.76. The molecule has 0 saturated carbocycles. The molecule has 4 heteroatoms. The highest BCUT2D eigenvalue weighted by Gasteiger charge is 1.99. The fourth-order valence-corrected chi connectivity index (χ4v) is 0.676. The Hall–Kier alpha value is -0.900. The standard InChI is InChI=1S/C6H12N4/c1-2-6(7)5-10-8-3-4-9-10/h3-4,6H,2,5,7H2,1H3/t6-/m0/s1. The minimum absolute atomic E-state index is 0.174. The van der Waals surface area contributed by atoms with Gasteiger partial charge in [0, 0.05) is 6.04 Å². The van der Waals surface area contributed by atoms with Gasteiger partial charge in [-0.25, -0.2) is 0 Å². The van der Waals surface area contributed by atoms with Crippen molar-refractivity contribution in [1.82, 2.24) is 15.0 Å². The van der Waals surface area contributed by atoms with Crippen LogP contribution in [0.25, 0.3) is 0 Å². The fraction of sp³-hybridized carbons (Fsp3) is 0.667. The Morgan fingerprint density at radius 1 is 1.50 bits per heavy atom. The maximum absolute atomic E-state index is 5.66. The van der Waals surface area contributed by atoms with E-state index in [0.29, 0.717) is 6.54 Å². The average molecular weight is 140 g/mol. The van der Waals surface area contributed by atoms with Crippen molar-refractivity contribution in [2.45, 2.75) is 25.9 Å². The first-order valence-electron chi connectivity index (χ1n) is 3.42. The van der Waals surface area contributed by atoms with E-state index in [4.69, 9.17) is 5.73 Å². The zero-order chi connectivity index (χ0) is 7.40. The molecule has 1 aromatic rings. The van der Waals surface area contributed by atoms with Gasteiger partial charge in [0.25, 0.3) is 0 Å². The van der Waals surface area contributed by atoms with Crippen molar-refractivity contribution in [3.05, 3.63) is 12.4 Å². The van der Waals surface area contributed by atoms with Crippen molar-refractivity contribution in [3.63, 3.8) is 0 Å². The molecular weight excluding hydrogens is 128 g/mol. The van der Waals surface area contributed by atoms with E-state index in [0.717, 1.165) is 6.42 Å². The van der Waals surface area contributed by atoms with Crippen LogP contribution in [-0.2, 0) is 6.54 Å². The van der Waals surface area contributed by atoms with Crippen LogP contribution in [0.15, 0.2) is 12.4 Å². The molecule has 0 spiro atoms. The van der Waals surface area contributed by atoms with Crippen LogP contribution in [0, 0.1) is 0 Å².